The number of carbonyl (C=O) groups is 3. The Bertz CT molecular complexity index is 804. The van der Waals surface area contributed by atoms with E-state index < -0.39 is 48.7 Å². The summed E-state index contributed by atoms with van der Waals surface area (Å²) in [7, 11) is 0. The summed E-state index contributed by atoms with van der Waals surface area (Å²) < 4.78 is 16.0. The normalized spacial score (nSPS) is 27.4. The molecular formula is C22H28O8. The van der Waals surface area contributed by atoms with Crippen LogP contribution in [0.2, 0.25) is 0 Å². The van der Waals surface area contributed by atoms with Crippen molar-refractivity contribution in [3.8, 4) is 0 Å². The van der Waals surface area contributed by atoms with E-state index in [0.29, 0.717) is 18.4 Å². The van der Waals surface area contributed by atoms with Gasteiger partial charge in [0.25, 0.3) is 0 Å². The third-order valence-electron chi connectivity index (χ3n) is 5.12. The Balaban J connectivity index is 2.35. The van der Waals surface area contributed by atoms with E-state index >= 15 is 0 Å². The quantitative estimate of drug-likeness (QED) is 0.297. The number of aliphatic hydroxyl groups is 2. The molecule has 1 fully saturated rings. The van der Waals surface area contributed by atoms with Crippen molar-refractivity contribution in [1.29, 1.82) is 0 Å². The lowest BCUT2D eigenvalue weighted by atomic mass is 9.85. The van der Waals surface area contributed by atoms with Gasteiger partial charge >= 0.3 is 17.9 Å². The van der Waals surface area contributed by atoms with Crippen molar-refractivity contribution in [1.82, 2.24) is 0 Å². The van der Waals surface area contributed by atoms with Crippen molar-refractivity contribution in [3.05, 3.63) is 47.1 Å². The van der Waals surface area contributed by atoms with Gasteiger partial charge in [0.2, 0.25) is 0 Å². The molecule has 0 saturated carbocycles. The molecule has 2 rings (SSSR count). The minimum atomic E-state index is -0.781. The number of aliphatic hydroxyl groups excluding tert-OH is 2. The highest BCUT2D eigenvalue weighted by molar-refractivity contribution is 5.92. The monoisotopic (exact) mass is 420 g/mol. The van der Waals surface area contributed by atoms with Gasteiger partial charge in [-0.05, 0) is 38.0 Å². The van der Waals surface area contributed by atoms with Crippen molar-refractivity contribution in [2.24, 2.45) is 5.92 Å². The first-order chi connectivity index (χ1) is 14.1. The summed E-state index contributed by atoms with van der Waals surface area (Å²) in [6, 6.07) is 0. The molecule has 4 unspecified atom stereocenters. The molecule has 1 heterocycles. The molecule has 1 aliphatic heterocycles. The van der Waals surface area contributed by atoms with E-state index in [1.165, 1.54) is 13.0 Å². The summed E-state index contributed by atoms with van der Waals surface area (Å²) in [5.41, 5.74) is 1.66. The average Bonchev–Trinajstić information content (AvgIpc) is 2.95. The maximum absolute atomic E-state index is 12.7. The van der Waals surface area contributed by atoms with Crippen molar-refractivity contribution >= 4 is 17.9 Å². The first kappa shape index (κ1) is 23.6. The van der Waals surface area contributed by atoms with Gasteiger partial charge in [-0.2, -0.15) is 0 Å². The Hall–Kier alpha value is -2.71. The van der Waals surface area contributed by atoms with Crippen molar-refractivity contribution in [2.45, 2.75) is 51.9 Å². The van der Waals surface area contributed by atoms with E-state index in [0.717, 1.165) is 5.57 Å². The second-order valence-electron chi connectivity index (χ2n) is 7.47. The van der Waals surface area contributed by atoms with Gasteiger partial charge in [0.1, 0.15) is 18.8 Å². The number of hydrogen-bond acceptors (Lipinski definition) is 8. The van der Waals surface area contributed by atoms with Crippen LogP contribution < -0.4 is 0 Å². The fraction of sp³-hybridized carbons (Fsp3) is 0.500. The number of rotatable bonds is 5. The fourth-order valence-corrected chi connectivity index (χ4v) is 3.40. The minimum Gasteiger partial charge on any atom is -0.461 e. The minimum absolute atomic E-state index is 0.0130. The molecule has 4 atom stereocenters. The molecule has 0 radical (unpaired) electrons. The Labute approximate surface area is 175 Å². The van der Waals surface area contributed by atoms with Crippen LogP contribution in [0.3, 0.4) is 0 Å². The molecule has 0 aromatic carbocycles. The zero-order valence-electron chi connectivity index (χ0n) is 17.4. The smallest absolute Gasteiger partial charge is 0.337 e. The first-order valence-corrected chi connectivity index (χ1v) is 9.70. The first-order valence-electron chi connectivity index (χ1n) is 9.70. The van der Waals surface area contributed by atoms with Crippen molar-refractivity contribution in [3.63, 3.8) is 0 Å². The maximum atomic E-state index is 12.7. The lowest BCUT2D eigenvalue weighted by Gasteiger charge is -2.28. The second kappa shape index (κ2) is 10.4. The van der Waals surface area contributed by atoms with Crippen LogP contribution in [0.5, 0.6) is 0 Å². The lowest BCUT2D eigenvalue weighted by Crippen LogP contribution is -2.34. The second-order valence-corrected chi connectivity index (χ2v) is 7.47. The third-order valence-corrected chi connectivity index (χ3v) is 5.12. The number of esters is 3. The van der Waals surface area contributed by atoms with Gasteiger partial charge in [0.05, 0.1) is 24.2 Å². The van der Waals surface area contributed by atoms with Gasteiger partial charge in [-0.1, -0.05) is 18.2 Å². The highest BCUT2D eigenvalue weighted by atomic mass is 16.6. The molecule has 8 heteroatoms. The van der Waals surface area contributed by atoms with Crippen LogP contribution in [-0.4, -0.2) is 59.6 Å². The van der Waals surface area contributed by atoms with Crippen LogP contribution in [0.4, 0.5) is 0 Å². The number of carbonyl (C=O) groups excluding carboxylic acids is 3. The summed E-state index contributed by atoms with van der Waals surface area (Å²) >= 11 is 0. The van der Waals surface area contributed by atoms with Crippen molar-refractivity contribution < 1.29 is 38.8 Å². The summed E-state index contributed by atoms with van der Waals surface area (Å²) in [5, 5.41) is 19.5. The Morgan fingerprint density at radius 1 is 1.37 bits per heavy atom. The molecule has 2 N–H and O–H groups in total. The predicted octanol–water partition coefficient (Wildman–Crippen LogP) is 1.53. The number of hydrogen-bond donors (Lipinski definition) is 2. The van der Waals surface area contributed by atoms with Crippen LogP contribution >= 0.6 is 0 Å². The van der Waals surface area contributed by atoms with Crippen LogP contribution in [0.1, 0.15) is 33.6 Å². The summed E-state index contributed by atoms with van der Waals surface area (Å²) in [6.07, 6.45) is 3.16. The Morgan fingerprint density at radius 2 is 2.07 bits per heavy atom. The van der Waals surface area contributed by atoms with E-state index in [1.54, 1.807) is 13.0 Å². The lowest BCUT2D eigenvalue weighted by molar-refractivity contribution is -0.149. The van der Waals surface area contributed by atoms with E-state index in [-0.39, 0.29) is 17.8 Å². The molecule has 164 valence electrons. The van der Waals surface area contributed by atoms with Gasteiger partial charge in [0, 0.05) is 18.9 Å². The van der Waals surface area contributed by atoms with E-state index in [4.69, 9.17) is 14.2 Å². The Kier molecular flexibility index (Phi) is 8.14. The molecule has 0 bridgehead atoms. The van der Waals surface area contributed by atoms with Gasteiger partial charge in [-0.25, -0.2) is 9.59 Å². The van der Waals surface area contributed by atoms with Crippen molar-refractivity contribution in [2.75, 3.05) is 13.2 Å². The zero-order chi connectivity index (χ0) is 22.4. The SMILES string of the molecule is C=C1C(=O)OC2C=C(C)C(O)CC=C(C)CC(OC(=O)C(=CCO)COC(C)=O)C12. The fourth-order valence-electron chi connectivity index (χ4n) is 3.40. The summed E-state index contributed by atoms with van der Waals surface area (Å²) in [6.45, 7) is 7.82. The van der Waals surface area contributed by atoms with Gasteiger partial charge in [-0.15, -0.1) is 0 Å². The molecule has 1 saturated heterocycles. The van der Waals surface area contributed by atoms with E-state index in [1.807, 2.05) is 13.0 Å². The molecule has 30 heavy (non-hydrogen) atoms. The van der Waals surface area contributed by atoms with Gasteiger partial charge in [0.15, 0.2) is 0 Å². The van der Waals surface area contributed by atoms with E-state index in [9.17, 15) is 24.6 Å². The molecule has 0 spiro atoms. The van der Waals surface area contributed by atoms with Gasteiger partial charge < -0.3 is 24.4 Å². The van der Waals surface area contributed by atoms with Crippen LogP contribution in [0.15, 0.2) is 47.1 Å². The Morgan fingerprint density at radius 3 is 2.70 bits per heavy atom. The molecule has 0 aromatic heterocycles. The molecule has 1 aliphatic carbocycles. The average molecular weight is 420 g/mol. The molecule has 0 aromatic rings. The van der Waals surface area contributed by atoms with E-state index in [2.05, 4.69) is 6.58 Å². The molecule has 0 amide bonds. The summed E-state index contributed by atoms with van der Waals surface area (Å²) in [4.78, 5) is 36.0. The standard InChI is InChI=1S/C22H28O8/c1-12-5-6-17(25)13(2)10-19-20(14(3)21(26)29-19)18(9-12)30-22(27)16(7-8-23)11-28-15(4)24/h5,7,10,17-20,23,25H,3,6,8-9,11H2,1-2,4H3. The molecule has 2 aliphatic rings. The topological polar surface area (TPSA) is 119 Å². The maximum Gasteiger partial charge on any atom is 0.337 e. The van der Waals surface area contributed by atoms with Crippen LogP contribution in [-0.2, 0) is 28.6 Å². The number of fused-ring (bicyclic) bond motifs is 1. The number of ether oxygens (including phenoxy) is 3. The molecule has 8 nitrogen and oxygen atoms in total. The zero-order valence-corrected chi connectivity index (χ0v) is 17.4. The third kappa shape index (κ3) is 5.90. The highest BCUT2D eigenvalue weighted by Gasteiger charge is 2.44. The molecular weight excluding hydrogens is 392 g/mol. The van der Waals surface area contributed by atoms with Gasteiger partial charge in [-0.3, -0.25) is 4.79 Å². The predicted molar refractivity (Wildman–Crippen MR) is 107 cm³/mol. The summed E-state index contributed by atoms with van der Waals surface area (Å²) in [5.74, 6) is -2.58. The van der Waals surface area contributed by atoms with Crippen LogP contribution in [0, 0.1) is 5.92 Å². The highest BCUT2D eigenvalue weighted by Crippen LogP contribution is 2.36. The largest absolute Gasteiger partial charge is 0.461 e. The van der Waals surface area contributed by atoms with Crippen LogP contribution in [0.25, 0.3) is 0 Å².